The van der Waals surface area contributed by atoms with Crippen molar-refractivity contribution in [3.05, 3.63) is 61.2 Å². The van der Waals surface area contributed by atoms with Gasteiger partial charge in [-0.1, -0.05) is 58.4 Å². The number of hydrogen-bond acceptors (Lipinski definition) is 5. The van der Waals surface area contributed by atoms with Crippen LogP contribution in [-0.2, 0) is 25.7 Å². The summed E-state index contributed by atoms with van der Waals surface area (Å²) in [4.78, 5) is 46.2. The predicted octanol–water partition coefficient (Wildman–Crippen LogP) is 1.98. The number of aliphatic hydroxyl groups excluding tert-OH is 1. The third kappa shape index (κ3) is 4.41. The molecule has 0 radical (unpaired) electrons. The van der Waals surface area contributed by atoms with E-state index in [4.69, 9.17) is 4.74 Å². The Morgan fingerprint density at radius 2 is 1.92 bits per heavy atom. The molecule has 3 heterocycles. The summed E-state index contributed by atoms with van der Waals surface area (Å²) in [6.45, 7) is 8.65. The number of halogens is 1. The first-order valence-corrected chi connectivity index (χ1v) is 13.2. The number of alkyl halides is 1. The molecule has 1 N–H and O–H groups in total. The second-order valence-electron chi connectivity index (χ2n) is 9.77. The molecule has 3 fully saturated rings. The maximum absolute atomic E-state index is 14.2. The van der Waals surface area contributed by atoms with Gasteiger partial charge in [0.2, 0.25) is 17.7 Å². The molecule has 1 aromatic rings. The zero-order valence-corrected chi connectivity index (χ0v) is 22.2. The highest BCUT2D eigenvalue weighted by atomic mass is 79.9. The number of hydrogen-bond donors (Lipinski definition) is 1. The summed E-state index contributed by atoms with van der Waals surface area (Å²) in [5.41, 5.74) is -0.157. The number of carbonyl (C=O) groups excluding carboxylic acids is 3. The van der Waals surface area contributed by atoms with Gasteiger partial charge in [0.1, 0.15) is 11.6 Å². The van der Waals surface area contributed by atoms with Crippen molar-refractivity contribution in [3.8, 4) is 0 Å². The first-order valence-electron chi connectivity index (χ1n) is 12.3. The minimum absolute atomic E-state index is 0.113. The number of carbonyl (C=O) groups is 3. The molecule has 3 saturated heterocycles. The van der Waals surface area contributed by atoms with Crippen molar-refractivity contribution in [2.24, 2.45) is 11.8 Å². The van der Waals surface area contributed by atoms with Crippen molar-refractivity contribution >= 4 is 33.7 Å². The third-order valence-electron chi connectivity index (χ3n) is 7.52. The fourth-order valence-corrected chi connectivity index (χ4v) is 7.02. The van der Waals surface area contributed by atoms with E-state index in [2.05, 4.69) is 29.1 Å². The smallest absolute Gasteiger partial charge is 0.248 e. The molecular weight excluding hydrogens is 526 g/mol. The highest BCUT2D eigenvalue weighted by molar-refractivity contribution is 9.09. The first-order chi connectivity index (χ1) is 17.3. The summed E-state index contributed by atoms with van der Waals surface area (Å²) in [5.74, 6) is -2.14. The van der Waals surface area contributed by atoms with Crippen molar-refractivity contribution in [1.82, 2.24) is 14.7 Å². The van der Waals surface area contributed by atoms with Crippen LogP contribution in [-0.4, -0.2) is 93.4 Å². The molecule has 8 nitrogen and oxygen atoms in total. The summed E-state index contributed by atoms with van der Waals surface area (Å²) in [6.07, 6.45) is 3.58. The number of rotatable bonds is 11. The van der Waals surface area contributed by atoms with Crippen LogP contribution in [0.2, 0.25) is 0 Å². The number of likely N-dealkylation sites (N-methyl/N-ethyl adjacent to an activating group) is 1. The van der Waals surface area contributed by atoms with E-state index in [1.54, 1.807) is 33.9 Å². The number of fused-ring (bicyclic) bond motifs is 1. The van der Waals surface area contributed by atoms with Crippen LogP contribution < -0.4 is 0 Å². The lowest BCUT2D eigenvalue weighted by molar-refractivity contribution is -0.149. The maximum atomic E-state index is 14.2. The molecule has 9 heteroatoms. The number of ether oxygens (including phenoxy) is 1. The monoisotopic (exact) mass is 559 g/mol. The molecule has 3 unspecified atom stereocenters. The van der Waals surface area contributed by atoms with Gasteiger partial charge in [0.25, 0.3) is 0 Å². The molecule has 2 bridgehead atoms. The van der Waals surface area contributed by atoms with Crippen LogP contribution in [0.1, 0.15) is 18.4 Å². The summed E-state index contributed by atoms with van der Waals surface area (Å²) in [5, 5.41) is 9.52. The molecule has 0 saturated carbocycles. The van der Waals surface area contributed by atoms with E-state index in [9.17, 15) is 19.5 Å². The Morgan fingerprint density at radius 3 is 2.56 bits per heavy atom. The van der Waals surface area contributed by atoms with Gasteiger partial charge in [0, 0.05) is 44.7 Å². The molecule has 0 aromatic heterocycles. The van der Waals surface area contributed by atoms with Crippen LogP contribution in [0.5, 0.6) is 0 Å². The summed E-state index contributed by atoms with van der Waals surface area (Å²) in [7, 11) is 1.68. The average Bonchev–Trinajstić information content (AvgIpc) is 3.45. The lowest BCUT2D eigenvalue weighted by Gasteiger charge is -2.37. The van der Waals surface area contributed by atoms with Crippen LogP contribution in [0, 0.1) is 11.8 Å². The summed E-state index contributed by atoms with van der Waals surface area (Å²) >= 11 is 3.69. The standard InChI is InChI=1S/C27H34BrN3O5/c1-4-12-29(3)24(33)20-21-25(34)31(14-9-15-32)23(27(21)16-19(28)22(20)36-27)26(35)30(13-5-2)17-18-10-7-6-8-11-18/h4-8,10-11,19-23,32H,1-2,9,12-17H2,3H3/t19?,20-,21-,22-,23?,27?/m0/s1. The van der Waals surface area contributed by atoms with E-state index >= 15 is 0 Å². The molecule has 6 atom stereocenters. The highest BCUT2D eigenvalue weighted by Gasteiger charge is 2.76. The van der Waals surface area contributed by atoms with Gasteiger partial charge in [-0.05, 0) is 18.4 Å². The Kier molecular flexibility index (Phi) is 8.02. The van der Waals surface area contributed by atoms with Gasteiger partial charge in [-0.15, -0.1) is 13.2 Å². The van der Waals surface area contributed by atoms with Crippen LogP contribution in [0.25, 0.3) is 0 Å². The van der Waals surface area contributed by atoms with E-state index in [-0.39, 0.29) is 35.7 Å². The topological polar surface area (TPSA) is 90.4 Å². The Labute approximate surface area is 220 Å². The second kappa shape index (κ2) is 10.9. The molecule has 0 aliphatic carbocycles. The normalized spacial score (nSPS) is 30.2. The van der Waals surface area contributed by atoms with Gasteiger partial charge in [-0.25, -0.2) is 0 Å². The van der Waals surface area contributed by atoms with Crippen molar-refractivity contribution in [3.63, 3.8) is 0 Å². The molecule has 3 amide bonds. The number of nitrogens with zero attached hydrogens (tertiary/aromatic N) is 3. The maximum Gasteiger partial charge on any atom is 0.248 e. The van der Waals surface area contributed by atoms with E-state index < -0.39 is 29.6 Å². The number of benzene rings is 1. The summed E-state index contributed by atoms with van der Waals surface area (Å²) in [6, 6.07) is 8.76. The quantitative estimate of drug-likeness (QED) is 0.330. The van der Waals surface area contributed by atoms with Gasteiger partial charge in [0.15, 0.2) is 0 Å². The second-order valence-corrected chi connectivity index (χ2v) is 10.9. The zero-order valence-electron chi connectivity index (χ0n) is 20.6. The zero-order chi connectivity index (χ0) is 26.0. The van der Waals surface area contributed by atoms with Gasteiger partial charge in [-0.2, -0.15) is 0 Å². The summed E-state index contributed by atoms with van der Waals surface area (Å²) < 4.78 is 6.53. The van der Waals surface area contributed by atoms with E-state index in [1.807, 2.05) is 30.3 Å². The van der Waals surface area contributed by atoms with Gasteiger partial charge < -0.3 is 24.5 Å². The molecule has 3 aliphatic rings. The highest BCUT2D eigenvalue weighted by Crippen LogP contribution is 2.60. The SMILES string of the molecule is C=CCN(C)C(=O)[C@H]1[C@H]2C(=O)N(CCCO)C(C(=O)N(CC=C)Cc3ccccc3)C23CC(Br)[C@@H]1O3. The molecule has 4 rings (SSSR count). The molecule has 1 spiro atoms. The largest absolute Gasteiger partial charge is 0.396 e. The van der Waals surface area contributed by atoms with Crippen molar-refractivity contribution < 1.29 is 24.2 Å². The lowest BCUT2D eigenvalue weighted by Crippen LogP contribution is -2.56. The Hall–Kier alpha value is -2.49. The average molecular weight is 560 g/mol. The van der Waals surface area contributed by atoms with Crippen LogP contribution in [0.4, 0.5) is 0 Å². The lowest BCUT2D eigenvalue weighted by atomic mass is 9.70. The molecule has 3 aliphatic heterocycles. The van der Waals surface area contributed by atoms with Crippen molar-refractivity contribution in [1.29, 1.82) is 0 Å². The van der Waals surface area contributed by atoms with Gasteiger partial charge >= 0.3 is 0 Å². The van der Waals surface area contributed by atoms with Crippen LogP contribution >= 0.6 is 15.9 Å². The third-order valence-corrected chi connectivity index (χ3v) is 8.37. The van der Waals surface area contributed by atoms with Crippen LogP contribution in [0.15, 0.2) is 55.6 Å². The Bertz CT molecular complexity index is 1020. The van der Waals surface area contributed by atoms with E-state index in [0.717, 1.165) is 5.56 Å². The van der Waals surface area contributed by atoms with Gasteiger partial charge in [0.05, 0.1) is 17.9 Å². The number of aliphatic hydroxyl groups is 1. The first kappa shape index (κ1) is 26.6. The predicted molar refractivity (Wildman–Crippen MR) is 139 cm³/mol. The van der Waals surface area contributed by atoms with Gasteiger partial charge in [-0.3, -0.25) is 14.4 Å². The Balaban J connectivity index is 1.73. The minimum Gasteiger partial charge on any atom is -0.396 e. The van der Waals surface area contributed by atoms with Crippen molar-refractivity contribution in [2.45, 2.75) is 42.0 Å². The van der Waals surface area contributed by atoms with Crippen molar-refractivity contribution in [2.75, 3.05) is 33.3 Å². The number of amides is 3. The van der Waals surface area contributed by atoms with E-state index in [0.29, 0.717) is 32.5 Å². The molecule has 194 valence electrons. The minimum atomic E-state index is -1.12. The fraction of sp³-hybridized carbons (Fsp3) is 0.519. The molecule has 36 heavy (non-hydrogen) atoms. The van der Waals surface area contributed by atoms with Crippen LogP contribution in [0.3, 0.4) is 0 Å². The molecular formula is C27H34BrN3O5. The Morgan fingerprint density at radius 1 is 1.22 bits per heavy atom. The van der Waals surface area contributed by atoms with E-state index in [1.165, 1.54) is 0 Å². The molecule has 1 aromatic carbocycles. The number of likely N-dealkylation sites (tertiary alicyclic amines) is 1. The fourth-order valence-electron chi connectivity index (χ4n) is 6.08.